The molecule has 0 saturated heterocycles. The number of carbonyl (C=O) groups excluding carboxylic acids is 1. The minimum Gasteiger partial charge on any atom is -0.293 e. The Kier molecular flexibility index (Phi) is 3.60. The number of Topliss-reactive ketones (excluding diaryl/α,β-unsaturated/α-hetero) is 1. The first-order valence-electron chi connectivity index (χ1n) is 2.82. The lowest BCUT2D eigenvalue weighted by Crippen LogP contribution is -2.05. The molecule has 0 heterocycles. The number of allylic oxidation sites excluding steroid dienone is 2. The van der Waals surface area contributed by atoms with Gasteiger partial charge in [0.25, 0.3) is 0 Å². The molecule has 2 nitrogen and oxygen atoms in total. The zero-order valence-electron chi connectivity index (χ0n) is 6.01. The van der Waals surface area contributed by atoms with Crippen LogP contribution in [-0.2, 0) is 4.79 Å². The van der Waals surface area contributed by atoms with Crippen LogP contribution < -0.4 is 0 Å². The summed E-state index contributed by atoms with van der Waals surface area (Å²) in [4.78, 5) is 14.3. The van der Waals surface area contributed by atoms with E-state index in [1.165, 1.54) is 6.92 Å². The third-order valence-corrected chi connectivity index (χ3v) is 0.926. The lowest BCUT2D eigenvalue weighted by molar-refractivity contribution is -0.111. The van der Waals surface area contributed by atoms with Crippen molar-refractivity contribution in [2.24, 2.45) is 4.99 Å². The Labute approximate surface area is 55.3 Å². The van der Waals surface area contributed by atoms with Gasteiger partial charge in [0.15, 0.2) is 5.78 Å². The fraction of sp³-hybridized carbons (Fsp3) is 0.429. The molecule has 0 rings (SSSR count). The summed E-state index contributed by atoms with van der Waals surface area (Å²) in [5.74, 6) is 0.00981. The predicted octanol–water partition coefficient (Wildman–Crippen LogP) is 1.22. The van der Waals surface area contributed by atoms with E-state index in [-0.39, 0.29) is 5.78 Å². The van der Waals surface area contributed by atoms with Gasteiger partial charge in [0, 0.05) is 14.0 Å². The summed E-state index contributed by atoms with van der Waals surface area (Å²) in [6, 6.07) is 0. The first-order chi connectivity index (χ1) is 4.22. The highest BCUT2D eigenvalue weighted by Gasteiger charge is 1.96. The second kappa shape index (κ2) is 4.01. The standard InChI is InChI=1S/C7H11NO/c1-4-5-7(8-3)6(2)9/h4-5H,1-3H3/b5-4-,8-7+. The molecule has 9 heavy (non-hydrogen) atoms. The molecule has 0 unspecified atom stereocenters. The Morgan fingerprint density at radius 3 is 2.22 bits per heavy atom. The number of carbonyl (C=O) groups is 1. The molecule has 0 aromatic carbocycles. The van der Waals surface area contributed by atoms with Crippen LogP contribution in [0.1, 0.15) is 13.8 Å². The maximum Gasteiger partial charge on any atom is 0.177 e. The summed E-state index contributed by atoms with van der Waals surface area (Å²) in [5.41, 5.74) is 0.525. The molecular weight excluding hydrogens is 114 g/mol. The molecule has 50 valence electrons. The zero-order chi connectivity index (χ0) is 7.28. The lowest BCUT2D eigenvalue weighted by atomic mass is 10.2. The molecule has 0 saturated carbocycles. The van der Waals surface area contributed by atoms with Crippen molar-refractivity contribution in [2.75, 3.05) is 7.05 Å². The van der Waals surface area contributed by atoms with Crippen LogP contribution in [0.3, 0.4) is 0 Å². The largest absolute Gasteiger partial charge is 0.293 e. The zero-order valence-corrected chi connectivity index (χ0v) is 6.01. The van der Waals surface area contributed by atoms with E-state index in [0.29, 0.717) is 5.71 Å². The van der Waals surface area contributed by atoms with E-state index in [0.717, 1.165) is 0 Å². The molecule has 0 aliphatic rings. The van der Waals surface area contributed by atoms with Crippen molar-refractivity contribution in [3.05, 3.63) is 12.2 Å². The minimum absolute atomic E-state index is 0.00981. The molecule has 0 bridgehead atoms. The average molecular weight is 125 g/mol. The van der Waals surface area contributed by atoms with Crippen molar-refractivity contribution in [1.29, 1.82) is 0 Å². The van der Waals surface area contributed by atoms with Gasteiger partial charge in [-0.25, -0.2) is 0 Å². The highest BCUT2D eigenvalue weighted by molar-refractivity contribution is 6.43. The summed E-state index contributed by atoms with van der Waals surface area (Å²) in [7, 11) is 1.61. The van der Waals surface area contributed by atoms with Crippen LogP contribution in [0.5, 0.6) is 0 Å². The summed E-state index contributed by atoms with van der Waals surface area (Å²) in [6.45, 7) is 3.36. The lowest BCUT2D eigenvalue weighted by Gasteiger charge is -1.88. The SMILES string of the molecule is C/C=C\C(=N/C)C(C)=O. The maximum absolute atomic E-state index is 10.6. The number of hydrogen-bond donors (Lipinski definition) is 0. The number of ketones is 1. The van der Waals surface area contributed by atoms with E-state index >= 15 is 0 Å². The van der Waals surface area contributed by atoms with E-state index in [4.69, 9.17) is 0 Å². The van der Waals surface area contributed by atoms with Crippen LogP contribution >= 0.6 is 0 Å². The molecular formula is C7H11NO. The average Bonchev–Trinajstić information content (AvgIpc) is 1.82. The van der Waals surface area contributed by atoms with Gasteiger partial charge in [-0.1, -0.05) is 6.08 Å². The topological polar surface area (TPSA) is 29.4 Å². The van der Waals surface area contributed by atoms with Gasteiger partial charge in [-0.15, -0.1) is 0 Å². The molecule has 0 spiro atoms. The van der Waals surface area contributed by atoms with Gasteiger partial charge in [0.1, 0.15) is 0 Å². The van der Waals surface area contributed by atoms with Gasteiger partial charge >= 0.3 is 0 Å². The predicted molar refractivity (Wildman–Crippen MR) is 38.9 cm³/mol. The van der Waals surface area contributed by atoms with Crippen LogP contribution in [0.2, 0.25) is 0 Å². The maximum atomic E-state index is 10.6. The van der Waals surface area contributed by atoms with Gasteiger partial charge in [-0.05, 0) is 13.0 Å². The molecule has 0 radical (unpaired) electrons. The Hall–Kier alpha value is -0.920. The van der Waals surface area contributed by atoms with Crippen LogP contribution in [0, 0.1) is 0 Å². The van der Waals surface area contributed by atoms with E-state index in [1.807, 2.05) is 6.92 Å². The molecule has 0 aromatic heterocycles. The summed E-state index contributed by atoms with van der Waals surface area (Å²) in [5, 5.41) is 0. The third-order valence-electron chi connectivity index (χ3n) is 0.926. The van der Waals surface area contributed by atoms with Crippen molar-refractivity contribution in [3.63, 3.8) is 0 Å². The Balaban J connectivity index is 4.19. The Bertz CT molecular complexity index is 156. The molecule has 0 N–H and O–H groups in total. The number of aliphatic imine (C=N–C) groups is 1. The van der Waals surface area contributed by atoms with E-state index in [9.17, 15) is 4.79 Å². The van der Waals surface area contributed by atoms with Crippen molar-refractivity contribution < 1.29 is 4.79 Å². The number of rotatable bonds is 2. The summed E-state index contributed by atoms with van der Waals surface area (Å²) in [6.07, 6.45) is 3.49. The summed E-state index contributed by atoms with van der Waals surface area (Å²) < 4.78 is 0. The van der Waals surface area contributed by atoms with Gasteiger partial charge in [-0.3, -0.25) is 9.79 Å². The van der Waals surface area contributed by atoms with Gasteiger partial charge in [0.05, 0.1) is 5.71 Å². The van der Waals surface area contributed by atoms with Crippen molar-refractivity contribution in [3.8, 4) is 0 Å². The Morgan fingerprint density at radius 1 is 1.56 bits per heavy atom. The minimum atomic E-state index is 0.00981. The highest BCUT2D eigenvalue weighted by Crippen LogP contribution is 1.82. The normalized spacial score (nSPS) is 12.6. The highest BCUT2D eigenvalue weighted by atomic mass is 16.1. The smallest absolute Gasteiger partial charge is 0.177 e. The van der Waals surface area contributed by atoms with Crippen LogP contribution in [0.4, 0.5) is 0 Å². The second-order valence-corrected chi connectivity index (χ2v) is 1.67. The Morgan fingerprint density at radius 2 is 2.11 bits per heavy atom. The van der Waals surface area contributed by atoms with E-state index < -0.39 is 0 Å². The molecule has 0 aromatic rings. The quantitative estimate of drug-likeness (QED) is 0.510. The van der Waals surface area contributed by atoms with E-state index in [2.05, 4.69) is 4.99 Å². The second-order valence-electron chi connectivity index (χ2n) is 1.67. The molecule has 0 amide bonds. The van der Waals surface area contributed by atoms with Gasteiger partial charge in [-0.2, -0.15) is 0 Å². The molecule has 2 heteroatoms. The summed E-state index contributed by atoms with van der Waals surface area (Å²) >= 11 is 0. The first-order valence-corrected chi connectivity index (χ1v) is 2.82. The van der Waals surface area contributed by atoms with Crippen molar-refractivity contribution in [1.82, 2.24) is 0 Å². The molecule has 0 aliphatic heterocycles. The number of nitrogens with zero attached hydrogens (tertiary/aromatic N) is 1. The van der Waals surface area contributed by atoms with Crippen LogP contribution in [0.25, 0.3) is 0 Å². The van der Waals surface area contributed by atoms with Crippen LogP contribution in [0.15, 0.2) is 17.1 Å². The molecule has 0 atom stereocenters. The van der Waals surface area contributed by atoms with Crippen molar-refractivity contribution in [2.45, 2.75) is 13.8 Å². The first kappa shape index (κ1) is 8.08. The molecule has 0 fully saturated rings. The van der Waals surface area contributed by atoms with Gasteiger partial charge < -0.3 is 0 Å². The molecule has 0 aliphatic carbocycles. The third kappa shape index (κ3) is 2.80. The fourth-order valence-electron chi connectivity index (χ4n) is 0.507. The van der Waals surface area contributed by atoms with E-state index in [1.54, 1.807) is 19.2 Å². The van der Waals surface area contributed by atoms with Crippen LogP contribution in [-0.4, -0.2) is 18.5 Å². The van der Waals surface area contributed by atoms with Crippen molar-refractivity contribution >= 4 is 11.5 Å². The number of hydrogen-bond acceptors (Lipinski definition) is 2. The fourth-order valence-corrected chi connectivity index (χ4v) is 0.507. The monoisotopic (exact) mass is 125 g/mol. The van der Waals surface area contributed by atoms with Gasteiger partial charge in [0.2, 0.25) is 0 Å².